The highest BCUT2D eigenvalue weighted by Crippen LogP contribution is 2.26. The average molecular weight is 257 g/mol. The van der Waals surface area contributed by atoms with Crippen LogP contribution in [0.1, 0.15) is 25.0 Å². The van der Waals surface area contributed by atoms with Crippen LogP contribution in [0, 0.1) is 19.8 Å². The van der Waals surface area contributed by atoms with Gasteiger partial charge in [0.05, 0.1) is 11.5 Å². The molecule has 1 aromatic rings. The molecule has 0 atom stereocenters. The monoisotopic (exact) mass is 257 g/mol. The molecule has 0 saturated carbocycles. The zero-order valence-electron chi connectivity index (χ0n) is 10.6. The van der Waals surface area contributed by atoms with Crippen molar-refractivity contribution in [2.75, 3.05) is 6.61 Å². The molecule has 0 fully saturated rings. The van der Waals surface area contributed by atoms with E-state index in [4.69, 9.17) is 9.88 Å². The van der Waals surface area contributed by atoms with Crippen LogP contribution in [0.2, 0.25) is 0 Å². The summed E-state index contributed by atoms with van der Waals surface area (Å²) in [6, 6.07) is 3.08. The summed E-state index contributed by atoms with van der Waals surface area (Å²) in [5.41, 5.74) is 1.57. The van der Waals surface area contributed by atoms with Crippen molar-refractivity contribution in [1.29, 1.82) is 0 Å². The zero-order valence-corrected chi connectivity index (χ0v) is 11.5. The summed E-state index contributed by atoms with van der Waals surface area (Å²) in [6.45, 7) is 8.36. The maximum Gasteiger partial charge on any atom is 0.238 e. The fourth-order valence-corrected chi connectivity index (χ4v) is 2.23. The molecule has 4 nitrogen and oxygen atoms in total. The largest absolute Gasteiger partial charge is 0.493 e. The van der Waals surface area contributed by atoms with Crippen LogP contribution >= 0.6 is 0 Å². The van der Waals surface area contributed by atoms with Gasteiger partial charge in [-0.2, -0.15) is 0 Å². The fraction of sp³-hybridized carbons (Fsp3) is 0.500. The van der Waals surface area contributed by atoms with Crippen molar-refractivity contribution < 1.29 is 13.2 Å². The highest BCUT2D eigenvalue weighted by atomic mass is 32.2. The van der Waals surface area contributed by atoms with Gasteiger partial charge in [0.25, 0.3) is 0 Å². The Balaban J connectivity index is 3.11. The second-order valence-corrected chi connectivity index (χ2v) is 6.20. The second kappa shape index (κ2) is 5.06. The Morgan fingerprint density at radius 3 is 2.06 bits per heavy atom. The first-order valence-corrected chi connectivity index (χ1v) is 7.03. The minimum absolute atomic E-state index is 0.129. The van der Waals surface area contributed by atoms with Crippen molar-refractivity contribution in [1.82, 2.24) is 0 Å². The molecule has 0 saturated heterocycles. The molecule has 1 aromatic carbocycles. The van der Waals surface area contributed by atoms with E-state index >= 15 is 0 Å². The first kappa shape index (κ1) is 14.0. The number of benzene rings is 1. The minimum Gasteiger partial charge on any atom is -0.493 e. The lowest BCUT2D eigenvalue weighted by Gasteiger charge is -2.14. The smallest absolute Gasteiger partial charge is 0.238 e. The standard InChI is InChI=1S/C12H19NO3S/c1-8(2)7-16-12-9(3)5-11(6-10(12)4)17(13,14)15/h5-6,8H,7H2,1-4H3,(H2,13,14,15). The van der Waals surface area contributed by atoms with Crippen LogP contribution in [0.4, 0.5) is 0 Å². The first-order chi connectivity index (χ1) is 7.71. The highest BCUT2D eigenvalue weighted by Gasteiger charge is 2.13. The van der Waals surface area contributed by atoms with Crippen molar-refractivity contribution >= 4 is 10.0 Å². The summed E-state index contributed by atoms with van der Waals surface area (Å²) in [5.74, 6) is 1.16. The summed E-state index contributed by atoms with van der Waals surface area (Å²) in [7, 11) is -3.65. The number of aryl methyl sites for hydroxylation is 2. The number of sulfonamides is 1. The van der Waals surface area contributed by atoms with Crippen molar-refractivity contribution in [3.05, 3.63) is 23.3 Å². The molecule has 96 valence electrons. The van der Waals surface area contributed by atoms with Gasteiger partial charge in [-0.3, -0.25) is 0 Å². The van der Waals surface area contributed by atoms with E-state index in [0.29, 0.717) is 12.5 Å². The number of nitrogens with two attached hydrogens (primary N) is 1. The van der Waals surface area contributed by atoms with E-state index in [1.807, 2.05) is 13.8 Å². The van der Waals surface area contributed by atoms with Gasteiger partial charge in [0.15, 0.2) is 0 Å². The third kappa shape index (κ3) is 3.71. The Morgan fingerprint density at radius 1 is 1.24 bits per heavy atom. The van der Waals surface area contributed by atoms with E-state index in [2.05, 4.69) is 13.8 Å². The summed E-state index contributed by atoms with van der Waals surface area (Å²) in [5, 5.41) is 5.10. The number of hydrogen-bond donors (Lipinski definition) is 1. The molecule has 0 aliphatic heterocycles. The molecule has 2 N–H and O–H groups in total. The molecule has 17 heavy (non-hydrogen) atoms. The lowest BCUT2D eigenvalue weighted by molar-refractivity contribution is 0.267. The fourth-order valence-electron chi connectivity index (χ4n) is 1.55. The Labute approximate surface area is 103 Å². The van der Waals surface area contributed by atoms with Crippen molar-refractivity contribution in [3.63, 3.8) is 0 Å². The summed E-state index contributed by atoms with van der Waals surface area (Å²) in [4.78, 5) is 0.129. The van der Waals surface area contributed by atoms with Crippen molar-refractivity contribution in [2.45, 2.75) is 32.6 Å². The molecule has 1 rings (SSSR count). The van der Waals surface area contributed by atoms with E-state index in [0.717, 1.165) is 16.9 Å². The molecule has 0 unspecified atom stereocenters. The maximum absolute atomic E-state index is 11.3. The molecular weight excluding hydrogens is 238 g/mol. The number of rotatable bonds is 4. The summed E-state index contributed by atoms with van der Waals surface area (Å²) >= 11 is 0. The van der Waals surface area contributed by atoms with Crippen molar-refractivity contribution in [2.24, 2.45) is 11.1 Å². The SMILES string of the molecule is Cc1cc(S(N)(=O)=O)cc(C)c1OCC(C)C. The molecule has 0 heterocycles. The van der Waals surface area contributed by atoms with Crippen molar-refractivity contribution in [3.8, 4) is 5.75 Å². The normalized spacial score (nSPS) is 11.9. The second-order valence-electron chi connectivity index (χ2n) is 4.64. The third-order valence-corrected chi connectivity index (χ3v) is 3.22. The lowest BCUT2D eigenvalue weighted by atomic mass is 10.1. The number of primary sulfonamides is 1. The predicted octanol–water partition coefficient (Wildman–Crippen LogP) is 1.99. The Hall–Kier alpha value is -1.07. The van der Waals surface area contributed by atoms with E-state index in [-0.39, 0.29) is 4.90 Å². The van der Waals surface area contributed by atoms with Crippen LogP contribution < -0.4 is 9.88 Å². The Kier molecular flexibility index (Phi) is 4.16. The van der Waals surface area contributed by atoms with Crippen LogP contribution in [0.25, 0.3) is 0 Å². The van der Waals surface area contributed by atoms with Crippen LogP contribution in [0.5, 0.6) is 5.75 Å². The molecule has 0 amide bonds. The molecule has 0 aliphatic rings. The van der Waals surface area contributed by atoms with Gasteiger partial charge in [-0.05, 0) is 43.0 Å². The summed E-state index contributed by atoms with van der Waals surface area (Å²) in [6.07, 6.45) is 0. The third-order valence-electron chi connectivity index (χ3n) is 2.32. The van der Waals surface area contributed by atoms with E-state index in [9.17, 15) is 8.42 Å². The molecule has 0 aromatic heterocycles. The Bertz CT molecular complexity index is 483. The Morgan fingerprint density at radius 2 is 1.71 bits per heavy atom. The van der Waals surface area contributed by atoms with E-state index in [1.54, 1.807) is 0 Å². The van der Waals surface area contributed by atoms with Gasteiger partial charge in [0, 0.05) is 0 Å². The molecule has 0 aliphatic carbocycles. The van der Waals surface area contributed by atoms with Gasteiger partial charge in [0.2, 0.25) is 10.0 Å². The predicted molar refractivity (Wildman–Crippen MR) is 67.6 cm³/mol. The van der Waals surface area contributed by atoms with Crippen LogP contribution in [-0.2, 0) is 10.0 Å². The van der Waals surface area contributed by atoms with Gasteiger partial charge >= 0.3 is 0 Å². The van der Waals surface area contributed by atoms with E-state index in [1.165, 1.54) is 12.1 Å². The minimum atomic E-state index is -3.65. The van der Waals surface area contributed by atoms with Gasteiger partial charge in [-0.15, -0.1) is 0 Å². The number of hydrogen-bond acceptors (Lipinski definition) is 3. The van der Waals surface area contributed by atoms with E-state index < -0.39 is 10.0 Å². The van der Waals surface area contributed by atoms with Gasteiger partial charge in [-0.25, -0.2) is 13.6 Å². The molecule has 0 radical (unpaired) electrons. The summed E-state index contributed by atoms with van der Waals surface area (Å²) < 4.78 is 28.2. The zero-order chi connectivity index (χ0) is 13.2. The number of ether oxygens (including phenoxy) is 1. The molecule has 0 spiro atoms. The molecule has 0 bridgehead atoms. The quantitative estimate of drug-likeness (QED) is 0.896. The van der Waals surface area contributed by atoms with Gasteiger partial charge in [-0.1, -0.05) is 13.8 Å². The van der Waals surface area contributed by atoms with Gasteiger partial charge in [0.1, 0.15) is 5.75 Å². The van der Waals surface area contributed by atoms with Crippen LogP contribution in [0.15, 0.2) is 17.0 Å². The first-order valence-electron chi connectivity index (χ1n) is 5.48. The van der Waals surface area contributed by atoms with Crippen LogP contribution in [0.3, 0.4) is 0 Å². The average Bonchev–Trinajstić information content (AvgIpc) is 2.14. The highest BCUT2D eigenvalue weighted by molar-refractivity contribution is 7.89. The molecule has 5 heteroatoms. The van der Waals surface area contributed by atoms with Gasteiger partial charge < -0.3 is 4.74 Å². The topological polar surface area (TPSA) is 69.4 Å². The van der Waals surface area contributed by atoms with Crippen LogP contribution in [-0.4, -0.2) is 15.0 Å². The maximum atomic E-state index is 11.3. The molecular formula is C12H19NO3S. The lowest BCUT2D eigenvalue weighted by Crippen LogP contribution is -2.13.